The molecule has 6 nitrogen and oxygen atoms in total. The van der Waals surface area contributed by atoms with Gasteiger partial charge >= 0.3 is 0 Å². The number of methoxy groups -OCH3 is 1. The van der Waals surface area contributed by atoms with E-state index in [1.807, 2.05) is 6.92 Å². The quantitative estimate of drug-likeness (QED) is 0.395. The Bertz CT molecular complexity index is 1290. The average molecular weight is 457 g/mol. The summed E-state index contributed by atoms with van der Waals surface area (Å²) in [6, 6.07) is 11.4. The summed E-state index contributed by atoms with van der Waals surface area (Å²) >= 11 is 6.21. The summed E-state index contributed by atoms with van der Waals surface area (Å²) in [5.74, 6) is -1.94. The van der Waals surface area contributed by atoms with E-state index in [-0.39, 0.29) is 33.9 Å². The second kappa shape index (κ2) is 9.02. The van der Waals surface area contributed by atoms with Gasteiger partial charge in [0.15, 0.2) is 5.65 Å². The number of carbonyl (C=O) groups is 1. The number of hydrogen-bond donors (Lipinski definition) is 1. The fraction of sp³-hybridized carbons (Fsp3) is 0.174. The molecule has 0 spiro atoms. The van der Waals surface area contributed by atoms with Gasteiger partial charge in [-0.3, -0.25) is 9.36 Å². The standard InChI is InChI=1S/C23H19ClF2N4O2/c1-13(12-32-2)28-23-27-11-14-10-19(21(31)15-6-3-4-7-16(15)24)30(22(14)29-23)20-17(25)8-5-9-18(20)26/h3-11,13H,12H2,1-2H3,(H,27,28,29)/t13-/m0/s1. The molecule has 0 aliphatic rings. The zero-order valence-corrected chi connectivity index (χ0v) is 18.0. The molecule has 1 N–H and O–H groups in total. The van der Waals surface area contributed by atoms with E-state index in [0.29, 0.717) is 12.0 Å². The highest BCUT2D eigenvalue weighted by atomic mass is 35.5. The van der Waals surface area contributed by atoms with E-state index in [9.17, 15) is 13.6 Å². The predicted octanol–water partition coefficient (Wildman–Crippen LogP) is 5.03. The second-order valence-corrected chi connectivity index (χ2v) is 7.62. The Morgan fingerprint density at radius 1 is 1.19 bits per heavy atom. The van der Waals surface area contributed by atoms with Crippen LogP contribution in [0.3, 0.4) is 0 Å². The molecule has 0 saturated carbocycles. The Morgan fingerprint density at radius 3 is 2.59 bits per heavy atom. The molecular formula is C23H19ClF2N4O2. The highest BCUT2D eigenvalue weighted by molar-refractivity contribution is 6.35. The van der Waals surface area contributed by atoms with Crippen LogP contribution in [0.1, 0.15) is 23.0 Å². The molecule has 9 heteroatoms. The normalized spacial score (nSPS) is 12.2. The maximum absolute atomic E-state index is 14.8. The lowest BCUT2D eigenvalue weighted by Crippen LogP contribution is -2.22. The van der Waals surface area contributed by atoms with Gasteiger partial charge < -0.3 is 10.1 Å². The van der Waals surface area contributed by atoms with Crippen LogP contribution in [-0.2, 0) is 4.74 Å². The lowest BCUT2D eigenvalue weighted by atomic mass is 10.1. The van der Waals surface area contributed by atoms with E-state index in [4.69, 9.17) is 16.3 Å². The molecule has 0 radical (unpaired) electrons. The second-order valence-electron chi connectivity index (χ2n) is 7.22. The van der Waals surface area contributed by atoms with Crippen LogP contribution < -0.4 is 5.32 Å². The third-order valence-corrected chi connectivity index (χ3v) is 5.17. The molecule has 2 aromatic carbocycles. The van der Waals surface area contributed by atoms with Crippen molar-refractivity contribution in [3.8, 4) is 5.69 Å². The van der Waals surface area contributed by atoms with Crippen molar-refractivity contribution in [1.82, 2.24) is 14.5 Å². The van der Waals surface area contributed by atoms with Crippen LogP contribution in [0, 0.1) is 11.6 Å². The number of fused-ring (bicyclic) bond motifs is 1. The molecule has 4 aromatic rings. The van der Waals surface area contributed by atoms with Crippen LogP contribution in [0.4, 0.5) is 14.7 Å². The molecule has 0 unspecified atom stereocenters. The number of nitrogens with zero attached hydrogens (tertiary/aromatic N) is 3. The third-order valence-electron chi connectivity index (χ3n) is 4.85. The molecule has 2 aromatic heterocycles. The topological polar surface area (TPSA) is 69.0 Å². The van der Waals surface area contributed by atoms with Crippen molar-refractivity contribution in [2.45, 2.75) is 13.0 Å². The fourth-order valence-electron chi connectivity index (χ4n) is 3.45. The van der Waals surface area contributed by atoms with Crippen LogP contribution >= 0.6 is 11.6 Å². The zero-order chi connectivity index (χ0) is 22.8. The number of carbonyl (C=O) groups excluding carboxylic acids is 1. The van der Waals surface area contributed by atoms with Gasteiger partial charge in [0.25, 0.3) is 0 Å². The lowest BCUT2D eigenvalue weighted by Gasteiger charge is -2.14. The van der Waals surface area contributed by atoms with Gasteiger partial charge in [-0.1, -0.05) is 29.8 Å². The van der Waals surface area contributed by atoms with Gasteiger partial charge in [-0.2, -0.15) is 4.98 Å². The number of aromatic nitrogens is 3. The van der Waals surface area contributed by atoms with Gasteiger partial charge in [-0.25, -0.2) is 13.8 Å². The van der Waals surface area contributed by atoms with Crippen molar-refractivity contribution in [3.63, 3.8) is 0 Å². The minimum absolute atomic E-state index is 0.00786. The first kappa shape index (κ1) is 21.9. The highest BCUT2D eigenvalue weighted by Crippen LogP contribution is 2.30. The van der Waals surface area contributed by atoms with Gasteiger partial charge in [0, 0.05) is 30.3 Å². The SMILES string of the molecule is COC[C@H](C)Nc1ncc2cc(C(=O)c3ccccc3Cl)n(-c3c(F)cccc3F)c2n1. The summed E-state index contributed by atoms with van der Waals surface area (Å²) < 4.78 is 35.9. The summed E-state index contributed by atoms with van der Waals surface area (Å²) in [5, 5.41) is 3.73. The van der Waals surface area contributed by atoms with Gasteiger partial charge in [-0.05, 0) is 37.3 Å². The average Bonchev–Trinajstić information content (AvgIpc) is 3.12. The fourth-order valence-corrected chi connectivity index (χ4v) is 3.67. The molecule has 0 amide bonds. The number of ether oxygens (including phenoxy) is 1. The monoisotopic (exact) mass is 456 g/mol. The number of hydrogen-bond acceptors (Lipinski definition) is 5. The van der Waals surface area contributed by atoms with Crippen molar-refractivity contribution in [3.05, 3.63) is 82.6 Å². The number of benzene rings is 2. The van der Waals surface area contributed by atoms with E-state index in [1.54, 1.807) is 31.4 Å². The Balaban J connectivity index is 1.95. The Hall–Kier alpha value is -3.36. The Kier molecular flexibility index (Phi) is 6.16. The molecule has 32 heavy (non-hydrogen) atoms. The van der Waals surface area contributed by atoms with E-state index in [2.05, 4.69) is 15.3 Å². The van der Waals surface area contributed by atoms with Crippen LogP contribution in [0.2, 0.25) is 5.02 Å². The van der Waals surface area contributed by atoms with Crippen LogP contribution in [0.25, 0.3) is 16.7 Å². The molecular weight excluding hydrogens is 438 g/mol. The molecule has 2 heterocycles. The van der Waals surface area contributed by atoms with E-state index in [1.165, 1.54) is 22.9 Å². The van der Waals surface area contributed by atoms with Crippen molar-refractivity contribution >= 4 is 34.4 Å². The number of rotatable bonds is 7. The van der Waals surface area contributed by atoms with Crippen LogP contribution in [0.15, 0.2) is 54.7 Å². The van der Waals surface area contributed by atoms with Crippen molar-refractivity contribution in [2.24, 2.45) is 0 Å². The van der Waals surface area contributed by atoms with E-state index >= 15 is 0 Å². The molecule has 0 aliphatic heterocycles. The third kappa shape index (κ3) is 4.06. The first-order valence-corrected chi connectivity index (χ1v) is 10.2. The summed E-state index contributed by atoms with van der Waals surface area (Å²) in [5.41, 5.74) is -0.0255. The van der Waals surface area contributed by atoms with Crippen molar-refractivity contribution < 1.29 is 18.3 Å². The van der Waals surface area contributed by atoms with Gasteiger partial charge in [0.05, 0.1) is 17.3 Å². The van der Waals surface area contributed by atoms with Gasteiger partial charge in [0.2, 0.25) is 11.7 Å². The molecule has 0 saturated heterocycles. The summed E-state index contributed by atoms with van der Waals surface area (Å²) in [4.78, 5) is 22.1. The zero-order valence-electron chi connectivity index (χ0n) is 17.3. The maximum atomic E-state index is 14.8. The molecule has 164 valence electrons. The van der Waals surface area contributed by atoms with Crippen molar-refractivity contribution in [2.75, 3.05) is 19.0 Å². The first-order valence-electron chi connectivity index (χ1n) is 9.78. The number of halogens is 3. The largest absolute Gasteiger partial charge is 0.383 e. The smallest absolute Gasteiger partial charge is 0.224 e. The first-order chi connectivity index (χ1) is 15.4. The summed E-state index contributed by atoms with van der Waals surface area (Å²) in [7, 11) is 1.57. The maximum Gasteiger partial charge on any atom is 0.224 e. The van der Waals surface area contributed by atoms with Gasteiger partial charge in [-0.15, -0.1) is 0 Å². The molecule has 4 rings (SSSR count). The minimum atomic E-state index is -0.836. The number of ketones is 1. The van der Waals surface area contributed by atoms with Crippen LogP contribution in [0.5, 0.6) is 0 Å². The molecule has 0 fully saturated rings. The van der Waals surface area contributed by atoms with Crippen LogP contribution in [-0.4, -0.2) is 40.1 Å². The number of anilines is 1. The summed E-state index contributed by atoms with van der Waals surface area (Å²) in [6.07, 6.45) is 1.49. The summed E-state index contributed by atoms with van der Waals surface area (Å²) in [6.45, 7) is 2.28. The van der Waals surface area contributed by atoms with E-state index in [0.717, 1.165) is 12.1 Å². The molecule has 0 bridgehead atoms. The van der Waals surface area contributed by atoms with E-state index < -0.39 is 23.1 Å². The molecule has 0 aliphatic carbocycles. The van der Waals surface area contributed by atoms with Crippen molar-refractivity contribution in [1.29, 1.82) is 0 Å². The minimum Gasteiger partial charge on any atom is -0.383 e. The highest BCUT2D eigenvalue weighted by Gasteiger charge is 2.25. The van der Waals surface area contributed by atoms with Gasteiger partial charge in [0.1, 0.15) is 17.3 Å². The number of nitrogens with one attached hydrogen (secondary N) is 1. The molecule has 1 atom stereocenters. The Morgan fingerprint density at radius 2 is 1.91 bits per heavy atom. The predicted molar refractivity (Wildman–Crippen MR) is 119 cm³/mol. The lowest BCUT2D eigenvalue weighted by molar-refractivity contribution is 0.103. The Labute approximate surface area is 187 Å². The number of para-hydroxylation sites is 1.